The highest BCUT2D eigenvalue weighted by molar-refractivity contribution is 5.95. The van der Waals surface area contributed by atoms with Crippen LogP contribution in [0, 0.1) is 21.7 Å². The summed E-state index contributed by atoms with van der Waals surface area (Å²) in [6, 6.07) is 23.0. The number of hydrogen-bond donors (Lipinski definition) is 2. The van der Waals surface area contributed by atoms with Crippen molar-refractivity contribution in [2.75, 3.05) is 5.32 Å². The van der Waals surface area contributed by atoms with Crippen molar-refractivity contribution in [3.63, 3.8) is 0 Å². The van der Waals surface area contributed by atoms with E-state index in [9.17, 15) is 28.8 Å². The first-order valence-corrected chi connectivity index (χ1v) is 12.8. The molecule has 0 radical (unpaired) electrons. The van der Waals surface area contributed by atoms with E-state index >= 15 is 0 Å². The molecule has 0 saturated heterocycles. The number of benzene rings is 4. The smallest absolute Gasteiger partial charge is 0.338 e. The van der Waals surface area contributed by atoms with Gasteiger partial charge in [-0.15, -0.1) is 0 Å². The molecule has 9 heteroatoms. The second-order valence-corrected chi connectivity index (χ2v) is 9.97. The molecule has 0 heterocycles. The predicted octanol–water partition coefficient (Wildman–Crippen LogP) is 6.35. The molecule has 0 amide bonds. The maximum Gasteiger partial charge on any atom is 0.338 e. The van der Waals surface area contributed by atoms with Gasteiger partial charge in [-0.05, 0) is 71.0 Å². The number of carboxylic acids is 1. The van der Waals surface area contributed by atoms with Crippen LogP contribution >= 0.6 is 0 Å². The summed E-state index contributed by atoms with van der Waals surface area (Å²) in [7, 11) is 0. The summed E-state index contributed by atoms with van der Waals surface area (Å²) < 4.78 is 27.0. The molecule has 0 bridgehead atoms. The Balaban J connectivity index is 1.31. The first-order valence-electron chi connectivity index (χ1n) is 12.8. The minimum absolute atomic E-state index is 0.160. The number of rotatable bonds is 10. The quantitative estimate of drug-likeness (QED) is 0.179. The van der Waals surface area contributed by atoms with Gasteiger partial charge in [0.15, 0.2) is 0 Å². The molecule has 7 nitrogen and oxygen atoms in total. The summed E-state index contributed by atoms with van der Waals surface area (Å²) in [6.07, 6.45) is 1.63. The van der Waals surface area contributed by atoms with Crippen LogP contribution in [0.2, 0.25) is 0 Å². The highest BCUT2D eigenvalue weighted by Crippen LogP contribution is 2.30. The van der Waals surface area contributed by atoms with E-state index in [1.807, 2.05) is 6.07 Å². The van der Waals surface area contributed by atoms with Crippen LogP contribution in [0.1, 0.15) is 38.2 Å². The van der Waals surface area contributed by atoms with Gasteiger partial charge < -0.3 is 10.4 Å². The third-order valence-corrected chi connectivity index (χ3v) is 7.22. The Bertz CT molecular complexity index is 1490. The Hall–Kier alpha value is -4.63. The average Bonchev–Trinajstić information content (AvgIpc) is 3.37. The third kappa shape index (κ3) is 6.32. The fourth-order valence-electron chi connectivity index (χ4n) is 5.15. The van der Waals surface area contributed by atoms with Gasteiger partial charge in [-0.2, -0.15) is 0 Å². The van der Waals surface area contributed by atoms with Crippen LogP contribution in [-0.4, -0.2) is 26.9 Å². The zero-order valence-electron chi connectivity index (χ0n) is 21.5. The van der Waals surface area contributed by atoms with E-state index in [0.29, 0.717) is 25.3 Å². The van der Waals surface area contributed by atoms with Crippen LogP contribution in [0.4, 0.5) is 20.2 Å². The largest absolute Gasteiger partial charge is 0.478 e. The van der Waals surface area contributed by atoms with Gasteiger partial charge in [-0.3, -0.25) is 15.0 Å². The number of aromatic carboxylic acids is 1. The molecular weight excluding hydrogens is 516 g/mol. The molecule has 4 aromatic rings. The van der Waals surface area contributed by atoms with Crippen molar-refractivity contribution < 1.29 is 23.6 Å². The second-order valence-electron chi connectivity index (χ2n) is 9.97. The highest BCUT2D eigenvalue weighted by atomic mass is 19.1. The number of nitrogens with one attached hydrogen (secondary N) is 1. The van der Waals surface area contributed by atoms with Gasteiger partial charge in [0.1, 0.15) is 11.6 Å². The Morgan fingerprint density at radius 2 is 1.43 bits per heavy atom. The highest BCUT2D eigenvalue weighted by Gasteiger charge is 2.27. The van der Waals surface area contributed by atoms with Gasteiger partial charge in [-0.25, -0.2) is 13.6 Å². The number of nitro benzene ring substituents is 1. The lowest BCUT2D eigenvalue weighted by atomic mass is 10.1. The molecule has 2 N–H and O–H groups in total. The standard InChI is InChI=1S/C31H27F2N3O4/c32-25-7-2-20(3-8-25)18-35(19-21-4-9-26(33)10-5-21)28-14-23-6-1-22(13-24(23)15-28)17-34-30-12-11-27(36(39)40)16-29(30)31(37)38/h1-13,16,28,34H,14-15,17-19H2,(H,37,38). The molecule has 1 aliphatic carbocycles. The third-order valence-electron chi connectivity index (χ3n) is 7.22. The zero-order valence-corrected chi connectivity index (χ0v) is 21.5. The molecule has 1 aliphatic rings. The fraction of sp³-hybridized carbons (Fsp3) is 0.194. The van der Waals surface area contributed by atoms with E-state index in [2.05, 4.69) is 22.3 Å². The van der Waals surface area contributed by atoms with Crippen molar-refractivity contribution >= 4 is 17.3 Å². The van der Waals surface area contributed by atoms with E-state index < -0.39 is 10.9 Å². The second kappa shape index (κ2) is 11.6. The minimum Gasteiger partial charge on any atom is -0.478 e. The normalized spacial score (nSPS) is 14.2. The summed E-state index contributed by atoms with van der Waals surface area (Å²) in [5.41, 5.74) is 5.21. The summed E-state index contributed by atoms with van der Waals surface area (Å²) in [4.78, 5) is 24.4. The van der Waals surface area contributed by atoms with Crippen molar-refractivity contribution in [1.29, 1.82) is 0 Å². The molecular formula is C31H27F2N3O4. The Morgan fingerprint density at radius 3 is 2.00 bits per heavy atom. The van der Waals surface area contributed by atoms with Gasteiger partial charge in [0.05, 0.1) is 10.5 Å². The number of carbonyl (C=O) groups is 1. The van der Waals surface area contributed by atoms with Crippen LogP contribution in [0.5, 0.6) is 0 Å². The Kier molecular flexibility index (Phi) is 7.84. The summed E-state index contributed by atoms with van der Waals surface area (Å²) >= 11 is 0. The van der Waals surface area contributed by atoms with Crippen molar-refractivity contribution in [2.24, 2.45) is 0 Å². The average molecular weight is 544 g/mol. The Morgan fingerprint density at radius 1 is 0.850 bits per heavy atom. The van der Waals surface area contributed by atoms with E-state index in [-0.39, 0.29) is 28.9 Å². The van der Waals surface area contributed by atoms with Crippen molar-refractivity contribution in [3.8, 4) is 0 Å². The maximum absolute atomic E-state index is 13.5. The number of halogens is 2. The van der Waals surface area contributed by atoms with E-state index in [1.165, 1.54) is 47.5 Å². The lowest BCUT2D eigenvalue weighted by Crippen LogP contribution is -2.35. The molecule has 0 spiro atoms. The first-order chi connectivity index (χ1) is 19.2. The number of carboxylic acid groups (broad SMARTS) is 1. The van der Waals surface area contributed by atoms with Crippen LogP contribution in [0.25, 0.3) is 0 Å². The van der Waals surface area contributed by atoms with Crippen LogP contribution < -0.4 is 5.32 Å². The van der Waals surface area contributed by atoms with E-state index in [0.717, 1.165) is 35.6 Å². The number of non-ortho nitro benzene ring substituents is 1. The topological polar surface area (TPSA) is 95.7 Å². The molecule has 0 saturated carbocycles. The van der Waals surface area contributed by atoms with Crippen LogP contribution in [0.3, 0.4) is 0 Å². The molecule has 5 rings (SSSR count). The van der Waals surface area contributed by atoms with Gasteiger partial charge in [-0.1, -0.05) is 42.5 Å². The molecule has 1 unspecified atom stereocenters. The zero-order chi connectivity index (χ0) is 28.2. The van der Waals surface area contributed by atoms with Gasteiger partial charge in [0, 0.05) is 43.5 Å². The summed E-state index contributed by atoms with van der Waals surface area (Å²) in [5, 5.41) is 23.7. The van der Waals surface area contributed by atoms with E-state index in [1.54, 1.807) is 24.3 Å². The molecule has 0 fully saturated rings. The number of hydrogen-bond acceptors (Lipinski definition) is 5. The van der Waals surface area contributed by atoms with Gasteiger partial charge in [0.2, 0.25) is 0 Å². The number of anilines is 1. The van der Waals surface area contributed by atoms with Crippen molar-refractivity contribution in [1.82, 2.24) is 4.90 Å². The lowest BCUT2D eigenvalue weighted by molar-refractivity contribution is -0.384. The maximum atomic E-state index is 13.5. The van der Waals surface area contributed by atoms with E-state index in [4.69, 9.17) is 0 Å². The van der Waals surface area contributed by atoms with Gasteiger partial charge >= 0.3 is 5.97 Å². The molecule has 1 atom stereocenters. The molecule has 0 aliphatic heterocycles. The Labute approximate surface area is 229 Å². The number of nitrogens with zero attached hydrogens (tertiary/aromatic N) is 2. The molecule has 204 valence electrons. The molecule has 4 aromatic carbocycles. The summed E-state index contributed by atoms with van der Waals surface area (Å²) in [5.74, 6) is -1.81. The van der Waals surface area contributed by atoms with Crippen molar-refractivity contribution in [2.45, 2.75) is 38.5 Å². The molecule has 0 aromatic heterocycles. The van der Waals surface area contributed by atoms with Crippen molar-refractivity contribution in [3.05, 3.63) is 140 Å². The fourth-order valence-corrected chi connectivity index (χ4v) is 5.15. The molecule has 40 heavy (non-hydrogen) atoms. The summed E-state index contributed by atoms with van der Waals surface area (Å²) in [6.45, 7) is 1.58. The SMILES string of the molecule is O=C(O)c1cc([N+](=O)[O-])ccc1NCc1ccc2c(c1)CC(N(Cc1ccc(F)cc1)Cc1ccc(F)cc1)C2. The number of fused-ring (bicyclic) bond motifs is 1. The van der Waals surface area contributed by atoms with Crippen LogP contribution in [0.15, 0.2) is 84.9 Å². The monoisotopic (exact) mass is 543 g/mol. The lowest BCUT2D eigenvalue weighted by Gasteiger charge is -2.29. The minimum atomic E-state index is -1.25. The number of nitro groups is 1. The van der Waals surface area contributed by atoms with Gasteiger partial charge in [0.25, 0.3) is 5.69 Å². The first kappa shape index (κ1) is 27.0. The predicted molar refractivity (Wildman–Crippen MR) is 147 cm³/mol. The van der Waals surface area contributed by atoms with Crippen LogP contribution in [-0.2, 0) is 32.5 Å².